The van der Waals surface area contributed by atoms with Gasteiger partial charge in [0.2, 0.25) is 11.8 Å². The number of methoxy groups -OCH3 is 2. The van der Waals surface area contributed by atoms with Gasteiger partial charge < -0.3 is 14.4 Å². The Bertz CT molecular complexity index is 944. The van der Waals surface area contributed by atoms with Gasteiger partial charge in [-0.2, -0.15) is 0 Å². The van der Waals surface area contributed by atoms with E-state index in [0.717, 1.165) is 22.4 Å². The smallest absolute Gasteiger partial charge is 0.225 e. The molecular formula is C21H23N5O2. The molecule has 0 aliphatic carbocycles. The number of hydrogen-bond donors (Lipinski definition) is 0. The second kappa shape index (κ2) is 8.94. The van der Waals surface area contributed by atoms with Crippen molar-refractivity contribution in [1.29, 1.82) is 0 Å². The molecule has 0 saturated heterocycles. The Balaban J connectivity index is 1.82. The fourth-order valence-corrected chi connectivity index (χ4v) is 2.81. The van der Waals surface area contributed by atoms with Crippen LogP contribution in [0.3, 0.4) is 0 Å². The first-order chi connectivity index (χ1) is 13.6. The maximum absolute atomic E-state index is 5.40. The molecule has 0 spiro atoms. The van der Waals surface area contributed by atoms with Crippen molar-refractivity contribution in [2.75, 3.05) is 32.7 Å². The Morgan fingerprint density at radius 3 is 2.36 bits per heavy atom. The molecule has 0 amide bonds. The third-order valence-corrected chi connectivity index (χ3v) is 4.25. The molecule has 3 heterocycles. The third kappa shape index (κ3) is 4.43. The zero-order chi connectivity index (χ0) is 19.9. The number of rotatable bonds is 8. The van der Waals surface area contributed by atoms with Crippen molar-refractivity contribution >= 4 is 5.95 Å². The van der Waals surface area contributed by atoms with Gasteiger partial charge in [-0.3, -0.25) is 4.98 Å². The number of aromatic nitrogens is 4. The minimum atomic E-state index is 0.529. The largest absolute Gasteiger partial charge is 0.500 e. The second-order valence-electron chi connectivity index (χ2n) is 6.22. The van der Waals surface area contributed by atoms with Gasteiger partial charge in [0.05, 0.1) is 26.5 Å². The van der Waals surface area contributed by atoms with Crippen molar-refractivity contribution in [2.45, 2.75) is 6.42 Å². The van der Waals surface area contributed by atoms with Crippen molar-refractivity contribution in [1.82, 2.24) is 19.9 Å². The van der Waals surface area contributed by atoms with Crippen LogP contribution in [0.1, 0.15) is 11.3 Å². The lowest BCUT2D eigenvalue weighted by atomic mass is 10.0. The predicted molar refractivity (Wildman–Crippen MR) is 108 cm³/mol. The Hall–Kier alpha value is -3.48. The average Bonchev–Trinajstić information content (AvgIpc) is 2.74. The molecule has 28 heavy (non-hydrogen) atoms. The summed E-state index contributed by atoms with van der Waals surface area (Å²) in [6, 6.07) is 7.78. The molecule has 0 aromatic carbocycles. The zero-order valence-electron chi connectivity index (χ0n) is 16.3. The summed E-state index contributed by atoms with van der Waals surface area (Å²) in [4.78, 5) is 19.6. The van der Waals surface area contributed by atoms with Crippen molar-refractivity contribution in [3.8, 4) is 17.0 Å². The fraction of sp³-hybridized carbons (Fsp3) is 0.238. The lowest BCUT2D eigenvalue weighted by Crippen LogP contribution is -2.22. The number of hydrogen-bond acceptors (Lipinski definition) is 7. The van der Waals surface area contributed by atoms with Crippen LogP contribution in [0.5, 0.6) is 5.88 Å². The molecule has 0 unspecified atom stereocenters. The highest BCUT2D eigenvalue weighted by atomic mass is 16.5. The quantitative estimate of drug-likeness (QED) is 0.558. The molecule has 0 fully saturated rings. The van der Waals surface area contributed by atoms with E-state index in [1.54, 1.807) is 26.6 Å². The van der Waals surface area contributed by atoms with Crippen molar-refractivity contribution in [3.05, 3.63) is 72.6 Å². The first-order valence-electron chi connectivity index (χ1n) is 8.79. The van der Waals surface area contributed by atoms with Crippen LogP contribution in [0.4, 0.5) is 5.95 Å². The van der Waals surface area contributed by atoms with Gasteiger partial charge in [0.15, 0.2) is 0 Å². The van der Waals surface area contributed by atoms with Gasteiger partial charge >= 0.3 is 0 Å². The molecule has 0 bridgehead atoms. The molecule has 0 N–H and O–H groups in total. The van der Waals surface area contributed by atoms with E-state index in [-0.39, 0.29) is 0 Å². The van der Waals surface area contributed by atoms with E-state index in [4.69, 9.17) is 9.47 Å². The average molecular weight is 377 g/mol. The summed E-state index contributed by atoms with van der Waals surface area (Å²) < 4.78 is 10.5. The van der Waals surface area contributed by atoms with E-state index < -0.39 is 0 Å². The standard InChI is InChI=1S/C21H23N5O2/c1-15(27-3)14-26(2)21-24-12-16(13-25-21)11-19-17(7-5-9-22-19)18-8-6-10-23-20(18)28-4/h5-10,12-13H,1,11,14H2,2-4H3. The van der Waals surface area contributed by atoms with Crippen LogP contribution >= 0.6 is 0 Å². The van der Waals surface area contributed by atoms with E-state index in [0.29, 0.717) is 30.6 Å². The molecule has 0 aliphatic rings. The van der Waals surface area contributed by atoms with Crippen LogP contribution < -0.4 is 9.64 Å². The monoisotopic (exact) mass is 377 g/mol. The zero-order valence-corrected chi connectivity index (χ0v) is 16.3. The Morgan fingerprint density at radius 2 is 1.68 bits per heavy atom. The number of likely N-dealkylation sites (N-methyl/N-ethyl adjacent to an activating group) is 1. The van der Waals surface area contributed by atoms with Crippen molar-refractivity contribution in [3.63, 3.8) is 0 Å². The third-order valence-electron chi connectivity index (χ3n) is 4.25. The summed E-state index contributed by atoms with van der Waals surface area (Å²) in [6.07, 6.45) is 7.71. The number of ether oxygens (including phenoxy) is 2. The molecular weight excluding hydrogens is 354 g/mol. The van der Waals surface area contributed by atoms with Crippen LogP contribution in [-0.2, 0) is 11.2 Å². The molecule has 0 radical (unpaired) electrons. The van der Waals surface area contributed by atoms with E-state index in [1.165, 1.54) is 0 Å². The van der Waals surface area contributed by atoms with Crippen LogP contribution in [0, 0.1) is 0 Å². The first-order valence-corrected chi connectivity index (χ1v) is 8.79. The van der Waals surface area contributed by atoms with Gasteiger partial charge in [0.1, 0.15) is 5.76 Å². The van der Waals surface area contributed by atoms with Crippen LogP contribution in [0.2, 0.25) is 0 Å². The highest BCUT2D eigenvalue weighted by Gasteiger charge is 2.13. The Labute approximate surface area is 164 Å². The van der Waals surface area contributed by atoms with Crippen LogP contribution in [-0.4, -0.2) is 47.7 Å². The van der Waals surface area contributed by atoms with Crippen LogP contribution in [0.15, 0.2) is 61.4 Å². The minimum Gasteiger partial charge on any atom is -0.500 e. The summed E-state index contributed by atoms with van der Waals surface area (Å²) in [7, 11) is 5.11. The van der Waals surface area contributed by atoms with Crippen molar-refractivity contribution in [2.24, 2.45) is 0 Å². The number of pyridine rings is 2. The summed E-state index contributed by atoms with van der Waals surface area (Å²) in [5.41, 5.74) is 3.75. The van der Waals surface area contributed by atoms with E-state index in [9.17, 15) is 0 Å². The van der Waals surface area contributed by atoms with E-state index >= 15 is 0 Å². The first kappa shape index (κ1) is 19.3. The van der Waals surface area contributed by atoms with E-state index in [2.05, 4.69) is 26.5 Å². The minimum absolute atomic E-state index is 0.529. The summed E-state index contributed by atoms with van der Waals surface area (Å²) in [6.45, 7) is 4.35. The molecule has 3 aromatic rings. The van der Waals surface area contributed by atoms with Gasteiger partial charge in [-0.25, -0.2) is 15.0 Å². The maximum Gasteiger partial charge on any atom is 0.225 e. The van der Waals surface area contributed by atoms with Crippen LogP contribution in [0.25, 0.3) is 11.1 Å². The summed E-state index contributed by atoms with van der Waals surface area (Å²) >= 11 is 0. The highest BCUT2D eigenvalue weighted by molar-refractivity contribution is 5.70. The fourth-order valence-electron chi connectivity index (χ4n) is 2.81. The molecule has 7 nitrogen and oxygen atoms in total. The highest BCUT2D eigenvalue weighted by Crippen LogP contribution is 2.30. The second-order valence-corrected chi connectivity index (χ2v) is 6.22. The van der Waals surface area contributed by atoms with Gasteiger partial charge in [-0.15, -0.1) is 0 Å². The SMILES string of the molecule is C=C(CN(C)c1ncc(Cc2ncccc2-c2cccnc2OC)cn1)OC. The molecule has 0 saturated carbocycles. The number of nitrogens with zero attached hydrogens (tertiary/aromatic N) is 5. The molecule has 3 aromatic heterocycles. The molecule has 3 rings (SSSR count). The van der Waals surface area contributed by atoms with Crippen molar-refractivity contribution < 1.29 is 9.47 Å². The lowest BCUT2D eigenvalue weighted by molar-refractivity contribution is 0.287. The lowest BCUT2D eigenvalue weighted by Gasteiger charge is -2.17. The predicted octanol–water partition coefficient (Wildman–Crippen LogP) is 3.13. The van der Waals surface area contributed by atoms with Gasteiger partial charge in [-0.05, 0) is 23.8 Å². The Morgan fingerprint density at radius 1 is 1.00 bits per heavy atom. The molecule has 7 heteroatoms. The van der Waals surface area contributed by atoms with E-state index in [1.807, 2.05) is 48.6 Å². The Kier molecular flexibility index (Phi) is 6.16. The number of anilines is 1. The topological polar surface area (TPSA) is 73.3 Å². The molecule has 144 valence electrons. The molecule has 0 atom stereocenters. The molecule has 0 aliphatic heterocycles. The normalized spacial score (nSPS) is 10.4. The maximum atomic E-state index is 5.40. The van der Waals surface area contributed by atoms with Gasteiger partial charge in [0, 0.05) is 49.4 Å². The summed E-state index contributed by atoms with van der Waals surface area (Å²) in [5, 5.41) is 0. The van der Waals surface area contributed by atoms with Gasteiger partial charge in [-0.1, -0.05) is 12.6 Å². The summed E-state index contributed by atoms with van der Waals surface area (Å²) in [5.74, 6) is 1.83. The van der Waals surface area contributed by atoms with Gasteiger partial charge in [0.25, 0.3) is 0 Å².